The van der Waals surface area contributed by atoms with Crippen molar-refractivity contribution in [2.45, 2.75) is 13.5 Å². The largest absolute Gasteiger partial charge is 0.493 e. The monoisotopic (exact) mass is 334 g/mol. The molecule has 0 heterocycles. The minimum absolute atomic E-state index is 0.0756. The number of rotatable bonds is 6. The zero-order valence-electron chi connectivity index (χ0n) is 13.1. The van der Waals surface area contributed by atoms with E-state index in [2.05, 4.69) is 15.3 Å². The number of aryl methyl sites for hydroxylation is 1. The van der Waals surface area contributed by atoms with Crippen molar-refractivity contribution in [1.29, 1.82) is 0 Å². The maximum absolute atomic E-state index is 12.3. The minimum atomic E-state index is -2.94. The topological polar surface area (TPSA) is 59.9 Å². The number of carbonyl (C=O) groups is 1. The summed E-state index contributed by atoms with van der Waals surface area (Å²) in [6.07, 6.45) is 1.38. The highest BCUT2D eigenvalue weighted by Gasteiger charge is 2.10. The van der Waals surface area contributed by atoms with Crippen LogP contribution in [-0.2, 0) is 0 Å². The average molecular weight is 334 g/mol. The van der Waals surface area contributed by atoms with E-state index in [9.17, 15) is 13.6 Å². The van der Waals surface area contributed by atoms with E-state index in [4.69, 9.17) is 4.74 Å². The van der Waals surface area contributed by atoms with Crippen LogP contribution in [0.3, 0.4) is 0 Å². The van der Waals surface area contributed by atoms with E-state index in [0.717, 1.165) is 5.56 Å². The summed E-state index contributed by atoms with van der Waals surface area (Å²) in [5.74, 6) is -0.284. The first-order valence-electron chi connectivity index (χ1n) is 7.02. The Morgan fingerprint density at radius 2 is 1.88 bits per heavy atom. The third kappa shape index (κ3) is 4.77. The van der Waals surface area contributed by atoms with E-state index in [-0.39, 0.29) is 17.4 Å². The lowest BCUT2D eigenvalue weighted by Crippen LogP contribution is -2.17. The number of halogens is 2. The second kappa shape index (κ2) is 8.05. The van der Waals surface area contributed by atoms with Crippen LogP contribution in [0, 0.1) is 6.92 Å². The molecule has 2 aromatic rings. The average Bonchev–Trinajstić information content (AvgIpc) is 2.56. The number of alkyl halides is 2. The number of nitrogens with zero attached hydrogens (tertiary/aromatic N) is 1. The highest BCUT2D eigenvalue weighted by Crippen LogP contribution is 2.28. The van der Waals surface area contributed by atoms with E-state index in [1.807, 2.05) is 19.1 Å². The van der Waals surface area contributed by atoms with Gasteiger partial charge in [-0.2, -0.15) is 13.9 Å². The van der Waals surface area contributed by atoms with Crippen LogP contribution in [0.4, 0.5) is 8.78 Å². The van der Waals surface area contributed by atoms with Gasteiger partial charge in [-0.1, -0.05) is 17.7 Å². The van der Waals surface area contributed by atoms with E-state index in [0.29, 0.717) is 11.1 Å². The molecule has 0 fully saturated rings. The molecule has 2 aromatic carbocycles. The van der Waals surface area contributed by atoms with Crippen LogP contribution >= 0.6 is 0 Å². The van der Waals surface area contributed by atoms with Crippen LogP contribution < -0.4 is 14.9 Å². The van der Waals surface area contributed by atoms with Gasteiger partial charge < -0.3 is 9.47 Å². The number of ether oxygens (including phenoxy) is 2. The summed E-state index contributed by atoms with van der Waals surface area (Å²) in [7, 11) is 1.34. The molecule has 0 aliphatic carbocycles. The Labute approximate surface area is 137 Å². The van der Waals surface area contributed by atoms with Gasteiger partial charge in [0.2, 0.25) is 0 Å². The van der Waals surface area contributed by atoms with Crippen LogP contribution in [0.1, 0.15) is 21.5 Å². The van der Waals surface area contributed by atoms with Crippen molar-refractivity contribution in [2.75, 3.05) is 7.11 Å². The highest BCUT2D eigenvalue weighted by molar-refractivity contribution is 5.94. The number of benzene rings is 2. The third-order valence-electron chi connectivity index (χ3n) is 3.10. The maximum atomic E-state index is 12.3. The van der Waals surface area contributed by atoms with Crippen molar-refractivity contribution in [2.24, 2.45) is 5.10 Å². The number of nitrogens with one attached hydrogen (secondary N) is 1. The summed E-state index contributed by atoms with van der Waals surface area (Å²) in [5, 5.41) is 3.84. The second-order valence-corrected chi connectivity index (χ2v) is 4.85. The summed E-state index contributed by atoms with van der Waals surface area (Å²) >= 11 is 0. The number of carbonyl (C=O) groups excluding carboxylic acids is 1. The van der Waals surface area contributed by atoms with Gasteiger partial charge in [0.15, 0.2) is 11.5 Å². The van der Waals surface area contributed by atoms with E-state index in [1.54, 1.807) is 12.1 Å². The Balaban J connectivity index is 2.03. The molecule has 0 unspecified atom stereocenters. The summed E-state index contributed by atoms with van der Waals surface area (Å²) in [4.78, 5) is 11.9. The Morgan fingerprint density at radius 1 is 1.17 bits per heavy atom. The predicted octanol–water partition coefficient (Wildman–Crippen LogP) is 3.37. The third-order valence-corrected chi connectivity index (χ3v) is 3.10. The SMILES string of the molecule is COc1cc(/C=N\NC(=O)c2ccc(C)cc2)ccc1OC(F)F. The molecule has 0 spiro atoms. The first-order chi connectivity index (χ1) is 11.5. The van der Waals surface area contributed by atoms with Crippen molar-refractivity contribution < 1.29 is 23.0 Å². The van der Waals surface area contributed by atoms with Gasteiger partial charge in [-0.15, -0.1) is 0 Å². The molecule has 126 valence electrons. The lowest BCUT2D eigenvalue weighted by atomic mass is 10.1. The standard InChI is InChI=1S/C17H16F2N2O3/c1-11-3-6-13(7-4-11)16(22)21-20-10-12-5-8-14(24-17(18)19)15(9-12)23-2/h3-10,17H,1-2H3,(H,21,22)/b20-10-. The van der Waals surface area contributed by atoms with Crippen molar-refractivity contribution >= 4 is 12.1 Å². The first kappa shape index (κ1) is 17.4. The smallest absolute Gasteiger partial charge is 0.387 e. The second-order valence-electron chi connectivity index (χ2n) is 4.85. The molecule has 1 N–H and O–H groups in total. The fourth-order valence-corrected chi connectivity index (χ4v) is 1.89. The molecule has 1 amide bonds. The van der Waals surface area contributed by atoms with E-state index >= 15 is 0 Å². The molecular formula is C17H16F2N2O3. The molecule has 0 aliphatic rings. The molecule has 5 nitrogen and oxygen atoms in total. The lowest BCUT2D eigenvalue weighted by molar-refractivity contribution is -0.0512. The van der Waals surface area contributed by atoms with Crippen LogP contribution in [0.2, 0.25) is 0 Å². The fraction of sp³-hybridized carbons (Fsp3) is 0.176. The van der Waals surface area contributed by atoms with Crippen molar-refractivity contribution in [1.82, 2.24) is 5.43 Å². The van der Waals surface area contributed by atoms with E-state index in [1.165, 1.54) is 31.5 Å². The number of hydrazone groups is 1. The van der Waals surface area contributed by atoms with Crippen LogP contribution in [0.5, 0.6) is 11.5 Å². The predicted molar refractivity (Wildman–Crippen MR) is 85.9 cm³/mol. The Morgan fingerprint density at radius 3 is 2.50 bits per heavy atom. The van der Waals surface area contributed by atoms with Gasteiger partial charge in [0.1, 0.15) is 0 Å². The zero-order chi connectivity index (χ0) is 17.5. The molecule has 0 aliphatic heterocycles. The molecule has 0 bridgehead atoms. The molecule has 0 aromatic heterocycles. The molecule has 0 atom stereocenters. The number of hydrogen-bond donors (Lipinski definition) is 1. The Hall–Kier alpha value is -2.96. The van der Waals surface area contributed by atoms with Crippen molar-refractivity contribution in [3.05, 3.63) is 59.2 Å². The Kier molecular flexibility index (Phi) is 5.83. The van der Waals surface area contributed by atoms with Crippen LogP contribution in [0.25, 0.3) is 0 Å². The van der Waals surface area contributed by atoms with Gasteiger partial charge in [0, 0.05) is 5.56 Å². The van der Waals surface area contributed by atoms with Gasteiger partial charge >= 0.3 is 6.61 Å². The maximum Gasteiger partial charge on any atom is 0.387 e. The van der Waals surface area contributed by atoms with Gasteiger partial charge in [-0.25, -0.2) is 5.43 Å². The zero-order valence-corrected chi connectivity index (χ0v) is 13.1. The molecule has 2 rings (SSSR count). The normalized spacial score (nSPS) is 10.9. The molecule has 24 heavy (non-hydrogen) atoms. The van der Waals surface area contributed by atoms with Gasteiger partial charge in [0.25, 0.3) is 5.91 Å². The summed E-state index contributed by atoms with van der Waals surface area (Å²) in [5.41, 5.74) is 4.47. The molecule has 0 radical (unpaired) electrons. The van der Waals surface area contributed by atoms with Crippen LogP contribution in [0.15, 0.2) is 47.6 Å². The fourth-order valence-electron chi connectivity index (χ4n) is 1.89. The van der Waals surface area contributed by atoms with Crippen molar-refractivity contribution in [3.8, 4) is 11.5 Å². The Bertz CT molecular complexity index is 731. The molecule has 0 saturated heterocycles. The number of methoxy groups -OCH3 is 1. The van der Waals surface area contributed by atoms with Gasteiger partial charge in [0.05, 0.1) is 13.3 Å². The first-order valence-corrected chi connectivity index (χ1v) is 7.02. The molecular weight excluding hydrogens is 318 g/mol. The summed E-state index contributed by atoms with van der Waals surface area (Å²) in [6, 6.07) is 11.4. The van der Waals surface area contributed by atoms with Crippen molar-refractivity contribution in [3.63, 3.8) is 0 Å². The minimum Gasteiger partial charge on any atom is -0.493 e. The van der Waals surface area contributed by atoms with Gasteiger partial charge in [-0.05, 0) is 42.8 Å². The number of amides is 1. The lowest BCUT2D eigenvalue weighted by Gasteiger charge is -2.09. The van der Waals surface area contributed by atoms with Gasteiger partial charge in [-0.3, -0.25) is 4.79 Å². The number of hydrogen-bond acceptors (Lipinski definition) is 4. The summed E-state index contributed by atoms with van der Waals surface area (Å²) in [6.45, 7) is -1.01. The quantitative estimate of drug-likeness (QED) is 0.651. The van der Waals surface area contributed by atoms with Crippen LogP contribution in [-0.4, -0.2) is 25.8 Å². The molecule has 7 heteroatoms. The molecule has 0 saturated carbocycles. The summed E-state index contributed by atoms with van der Waals surface area (Å²) < 4.78 is 33.8. The van der Waals surface area contributed by atoms with E-state index < -0.39 is 6.61 Å². The highest BCUT2D eigenvalue weighted by atomic mass is 19.3.